The Bertz CT molecular complexity index is 902. The number of hydrogen-bond acceptors (Lipinski definition) is 3. The average Bonchev–Trinajstić information content (AvgIpc) is 3.06. The second-order valence-corrected chi connectivity index (χ2v) is 6.05. The fourth-order valence-corrected chi connectivity index (χ4v) is 2.66. The zero-order chi connectivity index (χ0) is 18.7. The van der Waals surface area contributed by atoms with E-state index in [-0.39, 0.29) is 11.4 Å². The van der Waals surface area contributed by atoms with Gasteiger partial charge in [0.25, 0.3) is 0 Å². The Hall–Kier alpha value is -2.99. The highest BCUT2D eigenvalue weighted by atomic mass is 19.1. The third kappa shape index (κ3) is 3.81. The summed E-state index contributed by atoms with van der Waals surface area (Å²) in [6, 6.07) is 14.4. The summed E-state index contributed by atoms with van der Waals surface area (Å²) in [7, 11) is 0. The molecule has 134 valence electrons. The van der Waals surface area contributed by atoms with E-state index in [9.17, 15) is 14.3 Å². The Morgan fingerprint density at radius 3 is 2.31 bits per heavy atom. The number of aliphatic hydroxyl groups excluding tert-OH is 1. The fraction of sp³-hybridized carbons (Fsp3) is 0.200. The van der Waals surface area contributed by atoms with Gasteiger partial charge in [0, 0.05) is 11.1 Å². The van der Waals surface area contributed by atoms with Crippen LogP contribution in [0.1, 0.15) is 23.7 Å². The van der Waals surface area contributed by atoms with E-state index < -0.39 is 12.1 Å². The maximum absolute atomic E-state index is 13.2. The molecule has 0 amide bonds. The van der Waals surface area contributed by atoms with Crippen molar-refractivity contribution in [2.45, 2.75) is 26.0 Å². The zero-order valence-electron chi connectivity index (χ0n) is 14.3. The summed E-state index contributed by atoms with van der Waals surface area (Å²) in [5.41, 5.74) is 3.17. The molecule has 6 heteroatoms. The molecule has 1 heterocycles. The minimum Gasteiger partial charge on any atom is -0.478 e. The van der Waals surface area contributed by atoms with Crippen molar-refractivity contribution in [2.75, 3.05) is 0 Å². The second kappa shape index (κ2) is 7.49. The van der Waals surface area contributed by atoms with Gasteiger partial charge < -0.3 is 10.2 Å². The van der Waals surface area contributed by atoms with Crippen LogP contribution in [0.25, 0.3) is 22.5 Å². The number of carbonyl (C=O) groups is 1. The lowest BCUT2D eigenvalue weighted by atomic mass is 10.1. The van der Waals surface area contributed by atoms with Crippen LogP contribution in [0.2, 0.25) is 0 Å². The van der Waals surface area contributed by atoms with Gasteiger partial charge in [-0.3, -0.25) is 4.68 Å². The molecule has 1 aromatic heterocycles. The quantitative estimate of drug-likeness (QED) is 0.705. The van der Waals surface area contributed by atoms with Gasteiger partial charge in [0.05, 0.1) is 29.6 Å². The number of halogens is 1. The van der Waals surface area contributed by atoms with Gasteiger partial charge in [-0.25, -0.2) is 9.18 Å². The highest BCUT2D eigenvalue weighted by molar-refractivity contribution is 5.88. The molecule has 5 nitrogen and oxygen atoms in total. The van der Waals surface area contributed by atoms with Crippen molar-refractivity contribution in [2.24, 2.45) is 0 Å². The van der Waals surface area contributed by atoms with E-state index in [0.717, 1.165) is 16.8 Å². The molecule has 1 atom stereocenters. The van der Waals surface area contributed by atoms with Crippen molar-refractivity contribution >= 4 is 5.97 Å². The molecule has 0 unspecified atom stereocenters. The van der Waals surface area contributed by atoms with Crippen molar-refractivity contribution in [1.29, 1.82) is 0 Å². The van der Waals surface area contributed by atoms with Crippen LogP contribution in [-0.4, -0.2) is 32.1 Å². The first-order valence-electron chi connectivity index (χ1n) is 8.33. The van der Waals surface area contributed by atoms with Gasteiger partial charge in [0.1, 0.15) is 5.82 Å². The lowest BCUT2D eigenvalue weighted by Gasteiger charge is -2.11. The van der Waals surface area contributed by atoms with E-state index in [2.05, 4.69) is 5.10 Å². The van der Waals surface area contributed by atoms with Crippen LogP contribution in [0.15, 0.2) is 54.6 Å². The molecule has 26 heavy (non-hydrogen) atoms. The predicted molar refractivity (Wildman–Crippen MR) is 96.3 cm³/mol. The van der Waals surface area contributed by atoms with Crippen molar-refractivity contribution in [3.05, 3.63) is 66.0 Å². The first-order chi connectivity index (χ1) is 12.5. The summed E-state index contributed by atoms with van der Waals surface area (Å²) in [6.07, 6.45) is 0.0436. The SMILES string of the molecule is CC[C@@H](O)Cn1nc(-c2ccc(C(=O)O)cc2)cc1-c1ccc(F)cc1. The first kappa shape index (κ1) is 17.8. The van der Waals surface area contributed by atoms with Gasteiger partial charge in [0.2, 0.25) is 0 Å². The standard InChI is InChI=1S/C20H19FN2O3/c1-2-17(24)12-23-19(14-7-9-16(21)10-8-14)11-18(22-23)13-3-5-15(6-4-13)20(25)26/h3-11,17,24H,2,12H2,1H3,(H,25,26)/t17-/m1/s1. The summed E-state index contributed by atoms with van der Waals surface area (Å²) in [5, 5.41) is 23.6. The smallest absolute Gasteiger partial charge is 0.335 e. The highest BCUT2D eigenvalue weighted by Gasteiger charge is 2.14. The summed E-state index contributed by atoms with van der Waals surface area (Å²) in [4.78, 5) is 11.0. The lowest BCUT2D eigenvalue weighted by molar-refractivity contribution is 0.0697. The third-order valence-electron chi connectivity index (χ3n) is 4.20. The van der Waals surface area contributed by atoms with Crippen LogP contribution in [0.5, 0.6) is 0 Å². The molecule has 2 N–H and O–H groups in total. The molecular weight excluding hydrogens is 335 g/mol. The monoisotopic (exact) mass is 354 g/mol. The molecule has 2 aromatic carbocycles. The van der Waals surface area contributed by atoms with Gasteiger partial charge >= 0.3 is 5.97 Å². The number of hydrogen-bond donors (Lipinski definition) is 2. The van der Waals surface area contributed by atoms with Crippen molar-refractivity contribution in [3.63, 3.8) is 0 Å². The van der Waals surface area contributed by atoms with Crippen molar-refractivity contribution in [1.82, 2.24) is 9.78 Å². The molecule has 0 bridgehead atoms. The average molecular weight is 354 g/mol. The Kier molecular flexibility index (Phi) is 5.14. The largest absolute Gasteiger partial charge is 0.478 e. The van der Waals surface area contributed by atoms with E-state index in [1.165, 1.54) is 24.3 Å². The fourth-order valence-electron chi connectivity index (χ4n) is 2.66. The number of rotatable bonds is 6. The Labute approximate surface area is 150 Å². The highest BCUT2D eigenvalue weighted by Crippen LogP contribution is 2.27. The van der Waals surface area contributed by atoms with Crippen LogP contribution in [0, 0.1) is 5.82 Å². The topological polar surface area (TPSA) is 75.3 Å². The molecule has 3 rings (SSSR count). The summed E-state index contributed by atoms with van der Waals surface area (Å²) >= 11 is 0. The molecule has 0 saturated carbocycles. The Morgan fingerprint density at radius 2 is 1.73 bits per heavy atom. The van der Waals surface area contributed by atoms with Crippen LogP contribution in [0.3, 0.4) is 0 Å². The molecule has 3 aromatic rings. The number of aromatic carboxylic acids is 1. The van der Waals surface area contributed by atoms with E-state index in [1.807, 2.05) is 13.0 Å². The van der Waals surface area contributed by atoms with Crippen LogP contribution in [-0.2, 0) is 6.54 Å². The number of carboxylic acid groups (broad SMARTS) is 1. The molecule has 0 spiro atoms. The van der Waals surface area contributed by atoms with Crippen LogP contribution in [0.4, 0.5) is 4.39 Å². The molecule has 0 saturated heterocycles. The minimum atomic E-state index is -0.986. The number of aromatic nitrogens is 2. The van der Waals surface area contributed by atoms with E-state index in [4.69, 9.17) is 5.11 Å². The van der Waals surface area contributed by atoms with Gasteiger partial charge in [-0.15, -0.1) is 0 Å². The number of carboxylic acids is 1. The number of nitrogens with zero attached hydrogens (tertiary/aromatic N) is 2. The zero-order valence-corrected chi connectivity index (χ0v) is 14.3. The van der Waals surface area contributed by atoms with Crippen molar-refractivity contribution < 1.29 is 19.4 Å². The molecule has 0 radical (unpaired) electrons. The second-order valence-electron chi connectivity index (χ2n) is 6.05. The Morgan fingerprint density at radius 1 is 1.12 bits per heavy atom. The van der Waals surface area contributed by atoms with Gasteiger partial charge in [0.15, 0.2) is 0 Å². The van der Waals surface area contributed by atoms with Gasteiger partial charge in [-0.05, 0) is 48.9 Å². The summed E-state index contributed by atoms with van der Waals surface area (Å²) in [6.45, 7) is 2.20. The van der Waals surface area contributed by atoms with E-state index >= 15 is 0 Å². The molecule has 0 fully saturated rings. The maximum atomic E-state index is 13.2. The minimum absolute atomic E-state index is 0.202. The summed E-state index contributed by atoms with van der Waals surface area (Å²) in [5.74, 6) is -1.31. The third-order valence-corrected chi connectivity index (χ3v) is 4.20. The van der Waals surface area contributed by atoms with Crippen LogP contribution < -0.4 is 0 Å². The Balaban J connectivity index is 2.02. The normalized spacial score (nSPS) is 12.1. The molecule has 0 aliphatic heterocycles. The lowest BCUT2D eigenvalue weighted by Crippen LogP contribution is -2.16. The maximum Gasteiger partial charge on any atom is 0.335 e. The molecule has 0 aliphatic carbocycles. The van der Waals surface area contributed by atoms with E-state index in [1.54, 1.807) is 28.9 Å². The van der Waals surface area contributed by atoms with E-state index in [0.29, 0.717) is 18.7 Å². The summed E-state index contributed by atoms with van der Waals surface area (Å²) < 4.78 is 14.9. The van der Waals surface area contributed by atoms with Gasteiger partial charge in [-0.1, -0.05) is 19.1 Å². The van der Waals surface area contributed by atoms with Crippen LogP contribution >= 0.6 is 0 Å². The predicted octanol–water partition coefficient (Wildman–Crippen LogP) is 3.83. The van der Waals surface area contributed by atoms with Gasteiger partial charge in [-0.2, -0.15) is 5.10 Å². The molecular formula is C20H19FN2O3. The first-order valence-corrected chi connectivity index (χ1v) is 8.33. The molecule has 0 aliphatic rings. The number of benzene rings is 2. The van der Waals surface area contributed by atoms with Crippen molar-refractivity contribution in [3.8, 4) is 22.5 Å². The number of aliphatic hydroxyl groups is 1.